The molecule has 0 aliphatic heterocycles. The summed E-state index contributed by atoms with van der Waals surface area (Å²) in [4.78, 5) is 23.8. The highest BCUT2D eigenvalue weighted by atomic mass is 16.2. The van der Waals surface area contributed by atoms with Gasteiger partial charge in [-0.15, -0.1) is 0 Å². The highest BCUT2D eigenvalue weighted by molar-refractivity contribution is 6.31. The third-order valence-corrected chi connectivity index (χ3v) is 4.78. The molecule has 2 aromatic carbocycles. The molecule has 6 heteroatoms. The summed E-state index contributed by atoms with van der Waals surface area (Å²) < 4.78 is 1.97. The number of aromatic amines is 1. The molecule has 2 N–H and O–H groups in total. The minimum atomic E-state index is -0.453. The first kappa shape index (κ1) is 16.8. The van der Waals surface area contributed by atoms with E-state index >= 15 is 0 Å². The molecule has 0 aliphatic rings. The Morgan fingerprint density at radius 3 is 2.59 bits per heavy atom. The summed E-state index contributed by atoms with van der Waals surface area (Å²) in [5, 5.41) is 11.6. The van der Waals surface area contributed by atoms with Gasteiger partial charge in [-0.05, 0) is 24.6 Å². The molecule has 0 spiro atoms. The number of aromatic nitrogens is 3. The molecule has 2 aromatic heterocycles. The Morgan fingerprint density at radius 1 is 1.11 bits per heavy atom. The van der Waals surface area contributed by atoms with Gasteiger partial charge in [0.15, 0.2) is 0 Å². The van der Waals surface area contributed by atoms with Crippen molar-refractivity contribution in [1.29, 1.82) is 0 Å². The van der Waals surface area contributed by atoms with E-state index in [2.05, 4.69) is 15.5 Å². The molecule has 134 valence electrons. The Bertz CT molecular complexity index is 1210. The molecule has 6 nitrogen and oxygen atoms in total. The van der Waals surface area contributed by atoms with Crippen molar-refractivity contribution >= 4 is 45.3 Å². The van der Waals surface area contributed by atoms with Crippen LogP contribution in [0.4, 0.5) is 0 Å². The number of hydrogen-bond acceptors (Lipinski definition) is 3. The Labute approximate surface area is 155 Å². The van der Waals surface area contributed by atoms with E-state index in [9.17, 15) is 9.59 Å². The minimum absolute atomic E-state index is 0.406. The first-order valence-electron chi connectivity index (χ1n) is 8.55. The zero-order valence-electron chi connectivity index (χ0n) is 15.0. The van der Waals surface area contributed by atoms with Crippen LogP contribution in [0.25, 0.3) is 33.0 Å². The molecule has 0 saturated heterocycles. The van der Waals surface area contributed by atoms with Crippen molar-refractivity contribution in [2.45, 2.75) is 6.92 Å². The fourth-order valence-electron chi connectivity index (χ4n) is 3.53. The number of fused-ring (bicyclic) bond motifs is 2. The van der Waals surface area contributed by atoms with Gasteiger partial charge in [-0.25, -0.2) is 0 Å². The standard InChI is InChI=1S/C21H18N4O2/c1-13(20-15-8-3-5-9-17(15)23-24-20)19(21(27)22-12-26)16-11-25(2)18-10-6-4-7-14(16)18/h3-12H,1-2H3,(H,23,24)(H,22,26,27)/b19-13+. The number of allylic oxidation sites excluding steroid dienone is 1. The number of hydrogen-bond donors (Lipinski definition) is 2. The van der Waals surface area contributed by atoms with Crippen molar-refractivity contribution in [1.82, 2.24) is 20.1 Å². The summed E-state index contributed by atoms with van der Waals surface area (Å²) >= 11 is 0. The summed E-state index contributed by atoms with van der Waals surface area (Å²) in [5.41, 5.74) is 4.47. The van der Waals surface area contributed by atoms with Crippen LogP contribution in [0.3, 0.4) is 0 Å². The molecule has 27 heavy (non-hydrogen) atoms. The Kier molecular flexibility index (Phi) is 4.08. The van der Waals surface area contributed by atoms with Gasteiger partial charge in [-0.3, -0.25) is 20.0 Å². The van der Waals surface area contributed by atoms with Crippen LogP contribution in [0.5, 0.6) is 0 Å². The Hall–Kier alpha value is -3.67. The number of amides is 2. The van der Waals surface area contributed by atoms with Gasteiger partial charge in [0.2, 0.25) is 6.41 Å². The number of nitrogens with one attached hydrogen (secondary N) is 2. The van der Waals surface area contributed by atoms with Gasteiger partial charge in [-0.1, -0.05) is 36.4 Å². The lowest BCUT2D eigenvalue weighted by molar-refractivity contribution is -0.121. The normalized spacial score (nSPS) is 12.2. The summed E-state index contributed by atoms with van der Waals surface area (Å²) in [6.45, 7) is 1.85. The average Bonchev–Trinajstić information content (AvgIpc) is 3.24. The third kappa shape index (κ3) is 2.71. The molecular formula is C21H18N4O2. The number of H-pyrrole nitrogens is 1. The predicted octanol–water partition coefficient (Wildman–Crippen LogP) is 3.26. The lowest BCUT2D eigenvalue weighted by atomic mass is 9.96. The highest BCUT2D eigenvalue weighted by Crippen LogP contribution is 2.34. The number of nitrogens with zero attached hydrogens (tertiary/aromatic N) is 2. The molecule has 0 unspecified atom stereocenters. The van der Waals surface area contributed by atoms with Crippen LogP contribution < -0.4 is 5.32 Å². The van der Waals surface area contributed by atoms with Crippen LogP contribution in [-0.2, 0) is 16.6 Å². The van der Waals surface area contributed by atoms with Gasteiger partial charge < -0.3 is 4.57 Å². The van der Waals surface area contributed by atoms with Gasteiger partial charge >= 0.3 is 0 Å². The van der Waals surface area contributed by atoms with Gasteiger partial charge in [0.1, 0.15) is 0 Å². The molecule has 0 aliphatic carbocycles. The zero-order valence-corrected chi connectivity index (χ0v) is 15.0. The van der Waals surface area contributed by atoms with Gasteiger partial charge in [0.25, 0.3) is 5.91 Å². The van der Waals surface area contributed by atoms with E-state index in [1.54, 1.807) is 0 Å². The fraction of sp³-hybridized carbons (Fsp3) is 0.0952. The number of benzene rings is 2. The first-order valence-corrected chi connectivity index (χ1v) is 8.55. The second-order valence-corrected chi connectivity index (χ2v) is 6.38. The summed E-state index contributed by atoms with van der Waals surface area (Å²) in [6.07, 6.45) is 2.31. The molecular weight excluding hydrogens is 340 g/mol. The van der Waals surface area contributed by atoms with Crippen LogP contribution >= 0.6 is 0 Å². The second kappa shape index (κ2) is 6.57. The maximum Gasteiger partial charge on any atom is 0.258 e. The van der Waals surface area contributed by atoms with Crippen LogP contribution in [0.2, 0.25) is 0 Å². The highest BCUT2D eigenvalue weighted by Gasteiger charge is 2.22. The van der Waals surface area contributed by atoms with Crippen molar-refractivity contribution in [3.05, 3.63) is 66.0 Å². The van der Waals surface area contributed by atoms with Crippen molar-refractivity contribution in [2.75, 3.05) is 0 Å². The lowest BCUT2D eigenvalue weighted by Gasteiger charge is -2.09. The lowest BCUT2D eigenvalue weighted by Crippen LogP contribution is -2.23. The molecule has 4 rings (SSSR count). The van der Waals surface area contributed by atoms with Crippen molar-refractivity contribution in [3.8, 4) is 0 Å². The molecule has 2 amide bonds. The van der Waals surface area contributed by atoms with Crippen molar-refractivity contribution in [3.63, 3.8) is 0 Å². The minimum Gasteiger partial charge on any atom is -0.350 e. The van der Waals surface area contributed by atoms with E-state index in [-0.39, 0.29) is 0 Å². The van der Waals surface area contributed by atoms with Gasteiger partial charge in [-0.2, -0.15) is 5.10 Å². The number of carbonyl (C=O) groups excluding carboxylic acids is 2. The van der Waals surface area contributed by atoms with Crippen molar-refractivity contribution < 1.29 is 9.59 Å². The monoisotopic (exact) mass is 358 g/mol. The molecule has 0 saturated carbocycles. The van der Waals surface area contributed by atoms with E-state index in [1.807, 2.05) is 73.3 Å². The number of para-hydroxylation sites is 2. The average molecular weight is 358 g/mol. The van der Waals surface area contributed by atoms with E-state index in [4.69, 9.17) is 0 Å². The molecule has 0 bridgehead atoms. The van der Waals surface area contributed by atoms with Crippen LogP contribution in [0.1, 0.15) is 18.2 Å². The predicted molar refractivity (Wildman–Crippen MR) is 106 cm³/mol. The number of carbonyl (C=O) groups is 2. The molecule has 0 fully saturated rings. The number of aryl methyl sites for hydroxylation is 1. The maximum atomic E-state index is 12.8. The first-order chi connectivity index (χ1) is 13.1. The second-order valence-electron chi connectivity index (χ2n) is 6.38. The van der Waals surface area contributed by atoms with E-state index in [0.717, 1.165) is 27.4 Å². The Balaban J connectivity index is 2.03. The summed E-state index contributed by atoms with van der Waals surface area (Å²) in [5.74, 6) is -0.453. The quantitative estimate of drug-likeness (QED) is 0.434. The SMILES string of the molecule is C/C(=C(\C(=O)NC=O)c1cn(C)c2ccccc12)c1n[nH]c2ccccc12. The van der Waals surface area contributed by atoms with Crippen molar-refractivity contribution in [2.24, 2.45) is 7.05 Å². The summed E-state index contributed by atoms with van der Waals surface area (Å²) in [7, 11) is 1.93. The number of imide groups is 1. The van der Waals surface area contributed by atoms with Crippen LogP contribution in [-0.4, -0.2) is 27.1 Å². The summed E-state index contributed by atoms with van der Waals surface area (Å²) in [6, 6.07) is 15.6. The van der Waals surface area contributed by atoms with E-state index < -0.39 is 5.91 Å². The molecule has 2 heterocycles. The largest absolute Gasteiger partial charge is 0.350 e. The fourth-order valence-corrected chi connectivity index (χ4v) is 3.53. The number of rotatable bonds is 4. The van der Waals surface area contributed by atoms with Crippen LogP contribution in [0, 0.1) is 0 Å². The molecule has 0 atom stereocenters. The topological polar surface area (TPSA) is 79.8 Å². The van der Waals surface area contributed by atoms with Crippen LogP contribution in [0.15, 0.2) is 54.7 Å². The Morgan fingerprint density at radius 2 is 1.81 bits per heavy atom. The smallest absolute Gasteiger partial charge is 0.258 e. The molecule has 0 radical (unpaired) electrons. The third-order valence-electron chi connectivity index (χ3n) is 4.78. The van der Waals surface area contributed by atoms with Gasteiger partial charge in [0, 0.05) is 35.1 Å². The van der Waals surface area contributed by atoms with Gasteiger partial charge in [0.05, 0.1) is 16.8 Å². The van der Waals surface area contributed by atoms with E-state index in [1.165, 1.54) is 0 Å². The van der Waals surface area contributed by atoms with E-state index in [0.29, 0.717) is 23.3 Å². The zero-order chi connectivity index (χ0) is 19.0. The molecule has 4 aromatic rings. The maximum absolute atomic E-state index is 12.8.